The zero-order valence-electron chi connectivity index (χ0n) is 13.2. The van der Waals surface area contributed by atoms with Crippen molar-refractivity contribution in [3.8, 4) is 16.1 Å². The maximum absolute atomic E-state index is 13.0. The van der Waals surface area contributed by atoms with Crippen molar-refractivity contribution in [3.63, 3.8) is 0 Å². The van der Waals surface area contributed by atoms with Crippen molar-refractivity contribution in [2.45, 2.75) is 6.92 Å². The SMILES string of the molecule is Cc1c(-c2ccc(Cl)cc2)sc2[nH]c(=O)n(-c3ccccc3)c(=O)c12. The summed E-state index contributed by atoms with van der Waals surface area (Å²) in [5, 5.41) is 1.20. The Labute approximate surface area is 152 Å². The standard InChI is InChI=1S/C19H13ClN2O2S/c1-11-15-17(25-16(11)12-7-9-13(20)10-8-12)21-19(24)22(18(15)23)14-5-3-2-4-6-14/h2-10H,1H3,(H,21,24). The Morgan fingerprint density at radius 2 is 1.68 bits per heavy atom. The summed E-state index contributed by atoms with van der Waals surface area (Å²) >= 11 is 7.36. The molecule has 2 aromatic heterocycles. The highest BCUT2D eigenvalue weighted by Gasteiger charge is 2.17. The van der Waals surface area contributed by atoms with Crippen LogP contribution >= 0.6 is 22.9 Å². The van der Waals surface area contributed by atoms with Gasteiger partial charge in [0.1, 0.15) is 4.83 Å². The van der Waals surface area contributed by atoms with Gasteiger partial charge in [-0.1, -0.05) is 41.9 Å². The number of nitrogens with one attached hydrogen (secondary N) is 1. The van der Waals surface area contributed by atoms with Gasteiger partial charge in [0.05, 0.1) is 11.1 Å². The van der Waals surface area contributed by atoms with Crippen LogP contribution in [-0.2, 0) is 0 Å². The molecule has 0 radical (unpaired) electrons. The lowest BCUT2D eigenvalue weighted by Gasteiger charge is -2.04. The molecule has 0 atom stereocenters. The van der Waals surface area contributed by atoms with Gasteiger partial charge < -0.3 is 0 Å². The van der Waals surface area contributed by atoms with E-state index in [9.17, 15) is 9.59 Å². The summed E-state index contributed by atoms with van der Waals surface area (Å²) in [6, 6.07) is 16.4. The minimum absolute atomic E-state index is 0.307. The van der Waals surface area contributed by atoms with Crippen LogP contribution in [0.25, 0.3) is 26.3 Å². The van der Waals surface area contributed by atoms with Crippen molar-refractivity contribution in [3.05, 3.63) is 86.0 Å². The fourth-order valence-electron chi connectivity index (χ4n) is 2.90. The summed E-state index contributed by atoms with van der Waals surface area (Å²) in [7, 11) is 0. The second-order valence-corrected chi connectivity index (χ2v) is 7.13. The molecule has 124 valence electrons. The fourth-order valence-corrected chi connectivity index (χ4v) is 4.22. The van der Waals surface area contributed by atoms with Gasteiger partial charge in [0.15, 0.2) is 0 Å². The molecule has 4 aromatic rings. The molecule has 0 aliphatic carbocycles. The van der Waals surface area contributed by atoms with Gasteiger partial charge in [0.25, 0.3) is 5.56 Å². The molecule has 0 saturated heterocycles. The van der Waals surface area contributed by atoms with E-state index in [4.69, 9.17) is 11.6 Å². The van der Waals surface area contributed by atoms with Crippen LogP contribution in [0.3, 0.4) is 0 Å². The highest BCUT2D eigenvalue weighted by Crippen LogP contribution is 2.35. The van der Waals surface area contributed by atoms with Crippen LogP contribution in [0.15, 0.2) is 64.2 Å². The lowest BCUT2D eigenvalue weighted by Crippen LogP contribution is -2.33. The van der Waals surface area contributed by atoms with E-state index in [1.54, 1.807) is 24.3 Å². The molecular weight excluding hydrogens is 356 g/mol. The van der Waals surface area contributed by atoms with Crippen LogP contribution in [-0.4, -0.2) is 9.55 Å². The first kappa shape index (κ1) is 15.9. The van der Waals surface area contributed by atoms with Crippen molar-refractivity contribution >= 4 is 33.2 Å². The number of fused-ring (bicyclic) bond motifs is 1. The molecule has 1 N–H and O–H groups in total. The number of H-pyrrole nitrogens is 1. The number of aromatic nitrogens is 2. The number of hydrogen-bond acceptors (Lipinski definition) is 3. The predicted octanol–water partition coefficient (Wildman–Crippen LogP) is 4.37. The molecule has 0 amide bonds. The van der Waals surface area contributed by atoms with E-state index in [2.05, 4.69) is 4.98 Å². The number of thiophene rings is 1. The van der Waals surface area contributed by atoms with E-state index in [1.165, 1.54) is 15.9 Å². The third kappa shape index (κ3) is 2.62. The Morgan fingerprint density at radius 3 is 2.36 bits per heavy atom. The van der Waals surface area contributed by atoms with Crippen LogP contribution < -0.4 is 11.2 Å². The molecule has 0 unspecified atom stereocenters. The first-order chi connectivity index (χ1) is 12.1. The van der Waals surface area contributed by atoms with E-state index < -0.39 is 5.69 Å². The minimum atomic E-state index is -0.437. The summed E-state index contributed by atoms with van der Waals surface area (Å²) in [5.74, 6) is 0. The number of halogens is 1. The molecule has 2 aromatic carbocycles. The van der Waals surface area contributed by atoms with E-state index >= 15 is 0 Å². The highest BCUT2D eigenvalue weighted by atomic mass is 35.5. The van der Waals surface area contributed by atoms with Crippen LogP contribution in [0.1, 0.15) is 5.56 Å². The van der Waals surface area contributed by atoms with Gasteiger partial charge in [-0.25, -0.2) is 9.36 Å². The first-order valence-electron chi connectivity index (χ1n) is 7.66. The molecule has 6 heteroatoms. The predicted molar refractivity (Wildman–Crippen MR) is 103 cm³/mol. The normalized spacial score (nSPS) is 11.1. The number of para-hydroxylation sites is 1. The van der Waals surface area contributed by atoms with E-state index in [1.807, 2.05) is 37.3 Å². The number of benzene rings is 2. The zero-order valence-corrected chi connectivity index (χ0v) is 14.8. The Balaban J connectivity index is 2.02. The van der Waals surface area contributed by atoms with Crippen molar-refractivity contribution in [1.29, 1.82) is 0 Å². The van der Waals surface area contributed by atoms with Crippen LogP contribution in [0.2, 0.25) is 5.02 Å². The van der Waals surface area contributed by atoms with Crippen molar-refractivity contribution in [2.24, 2.45) is 0 Å². The van der Waals surface area contributed by atoms with Gasteiger partial charge >= 0.3 is 5.69 Å². The number of aromatic amines is 1. The minimum Gasteiger partial charge on any atom is -0.298 e. The fraction of sp³-hybridized carbons (Fsp3) is 0.0526. The number of nitrogens with zero attached hydrogens (tertiary/aromatic N) is 1. The zero-order chi connectivity index (χ0) is 17.6. The monoisotopic (exact) mass is 368 g/mol. The topological polar surface area (TPSA) is 54.9 Å². The van der Waals surface area contributed by atoms with E-state index in [-0.39, 0.29) is 5.56 Å². The van der Waals surface area contributed by atoms with Gasteiger partial charge in [0.2, 0.25) is 0 Å². The van der Waals surface area contributed by atoms with E-state index in [0.29, 0.717) is 20.9 Å². The lowest BCUT2D eigenvalue weighted by atomic mass is 10.1. The quantitative estimate of drug-likeness (QED) is 0.571. The van der Waals surface area contributed by atoms with Gasteiger partial charge in [-0.05, 0) is 42.3 Å². The molecule has 4 nitrogen and oxygen atoms in total. The van der Waals surface area contributed by atoms with Crippen LogP contribution in [0.4, 0.5) is 0 Å². The molecule has 0 fully saturated rings. The Hall–Kier alpha value is -2.63. The summed E-state index contributed by atoms with van der Waals surface area (Å²) < 4.78 is 1.17. The van der Waals surface area contributed by atoms with Crippen molar-refractivity contribution in [2.75, 3.05) is 0 Å². The molecule has 0 bridgehead atoms. The summed E-state index contributed by atoms with van der Waals surface area (Å²) in [6.07, 6.45) is 0. The Bertz CT molecular complexity index is 1190. The van der Waals surface area contributed by atoms with Crippen molar-refractivity contribution in [1.82, 2.24) is 9.55 Å². The van der Waals surface area contributed by atoms with Crippen LogP contribution in [0, 0.1) is 6.92 Å². The second-order valence-electron chi connectivity index (χ2n) is 5.67. The smallest absolute Gasteiger partial charge is 0.298 e. The van der Waals surface area contributed by atoms with Crippen LogP contribution in [0.5, 0.6) is 0 Å². The number of hydrogen-bond donors (Lipinski definition) is 1. The molecule has 0 saturated carbocycles. The number of rotatable bonds is 2. The van der Waals surface area contributed by atoms with Crippen molar-refractivity contribution < 1.29 is 0 Å². The molecule has 2 heterocycles. The molecule has 25 heavy (non-hydrogen) atoms. The Kier molecular flexibility index (Phi) is 3.82. The average molecular weight is 369 g/mol. The summed E-state index contributed by atoms with van der Waals surface area (Å²) in [6.45, 7) is 1.90. The average Bonchev–Trinajstić information content (AvgIpc) is 2.93. The van der Waals surface area contributed by atoms with Gasteiger partial charge in [-0.15, -0.1) is 11.3 Å². The molecule has 4 rings (SSSR count). The first-order valence-corrected chi connectivity index (χ1v) is 8.85. The lowest BCUT2D eigenvalue weighted by molar-refractivity contribution is 0.903. The summed E-state index contributed by atoms with van der Waals surface area (Å²) in [5.41, 5.74) is 1.63. The molecule has 0 aliphatic rings. The molecule has 0 spiro atoms. The van der Waals surface area contributed by atoms with Gasteiger partial charge in [0, 0.05) is 9.90 Å². The van der Waals surface area contributed by atoms with Gasteiger partial charge in [-0.3, -0.25) is 9.78 Å². The van der Waals surface area contributed by atoms with E-state index in [0.717, 1.165) is 16.0 Å². The van der Waals surface area contributed by atoms with Gasteiger partial charge in [-0.2, -0.15) is 0 Å². The molecule has 0 aliphatic heterocycles. The number of aryl methyl sites for hydroxylation is 1. The third-order valence-electron chi connectivity index (χ3n) is 4.11. The second kappa shape index (κ2) is 6.02. The largest absolute Gasteiger partial charge is 0.334 e. The molecular formula is C19H13ClN2O2S. The third-order valence-corrected chi connectivity index (χ3v) is 5.62. The Morgan fingerprint density at radius 1 is 1.00 bits per heavy atom. The maximum Gasteiger partial charge on any atom is 0.334 e. The highest BCUT2D eigenvalue weighted by molar-refractivity contribution is 7.22. The summed E-state index contributed by atoms with van der Waals surface area (Å²) in [4.78, 5) is 29.8. The maximum atomic E-state index is 13.0.